The van der Waals surface area contributed by atoms with Crippen LogP contribution in [0.15, 0.2) is 24.3 Å². The van der Waals surface area contributed by atoms with Gasteiger partial charge >= 0.3 is 0 Å². The predicted octanol–water partition coefficient (Wildman–Crippen LogP) is 1.01. The van der Waals surface area contributed by atoms with Crippen LogP contribution in [-0.2, 0) is 20.9 Å². The largest absolute Gasteiger partial charge is 0.378 e. The van der Waals surface area contributed by atoms with Gasteiger partial charge in [0.15, 0.2) is 0 Å². The highest BCUT2D eigenvalue weighted by atomic mass is 35.5. The molecule has 0 aliphatic carbocycles. The van der Waals surface area contributed by atoms with E-state index in [9.17, 15) is 9.59 Å². The zero-order valence-electron chi connectivity index (χ0n) is 16.6. The molecule has 1 aromatic carbocycles. The average Bonchev–Trinajstić information content (AvgIpc) is 3.18. The fraction of sp³-hybridized carbons (Fsp3) is 0.619. The molecule has 4 rings (SSSR count). The lowest BCUT2D eigenvalue weighted by Crippen LogP contribution is -2.58. The highest BCUT2D eigenvalue weighted by Crippen LogP contribution is 2.26. The van der Waals surface area contributed by atoms with Crippen molar-refractivity contribution >= 4 is 23.4 Å². The Balaban J connectivity index is 1.30. The summed E-state index contributed by atoms with van der Waals surface area (Å²) in [6.45, 7) is 4.79. The summed E-state index contributed by atoms with van der Waals surface area (Å²) in [6, 6.07) is 8.18. The van der Waals surface area contributed by atoms with Gasteiger partial charge in [0.1, 0.15) is 0 Å². The van der Waals surface area contributed by atoms with E-state index in [1.807, 2.05) is 29.2 Å². The van der Waals surface area contributed by atoms with Gasteiger partial charge in [-0.3, -0.25) is 14.5 Å². The van der Waals surface area contributed by atoms with Crippen LogP contribution in [0.1, 0.15) is 24.8 Å². The number of halogens is 1. The average molecular weight is 421 g/mol. The summed E-state index contributed by atoms with van der Waals surface area (Å²) < 4.78 is 5.32. The summed E-state index contributed by atoms with van der Waals surface area (Å²) in [7, 11) is 0. The van der Waals surface area contributed by atoms with Crippen molar-refractivity contribution in [2.24, 2.45) is 0 Å². The lowest BCUT2D eigenvalue weighted by atomic mass is 10.0. The SMILES string of the molecule is O=C1NCC(CCC(=O)N2CCOCC2)N2CC(NCc3cccc(Cl)c3)CC12. The number of nitrogens with one attached hydrogen (secondary N) is 2. The number of ether oxygens (including phenoxy) is 1. The molecule has 29 heavy (non-hydrogen) atoms. The van der Waals surface area contributed by atoms with Crippen molar-refractivity contribution < 1.29 is 14.3 Å². The third-order valence-corrected chi connectivity index (χ3v) is 6.40. The first-order valence-corrected chi connectivity index (χ1v) is 10.8. The fourth-order valence-electron chi connectivity index (χ4n) is 4.56. The maximum atomic E-state index is 12.5. The summed E-state index contributed by atoms with van der Waals surface area (Å²) in [6.07, 6.45) is 2.08. The van der Waals surface area contributed by atoms with Gasteiger partial charge in [-0.25, -0.2) is 0 Å². The molecular weight excluding hydrogens is 392 g/mol. The maximum absolute atomic E-state index is 12.5. The molecule has 158 valence electrons. The summed E-state index contributed by atoms with van der Waals surface area (Å²) in [5, 5.41) is 7.34. The first kappa shape index (κ1) is 20.6. The van der Waals surface area contributed by atoms with Gasteiger partial charge in [0.25, 0.3) is 0 Å². The Morgan fingerprint density at radius 1 is 1.31 bits per heavy atom. The zero-order chi connectivity index (χ0) is 20.2. The minimum atomic E-state index is -0.107. The summed E-state index contributed by atoms with van der Waals surface area (Å²) >= 11 is 6.07. The number of nitrogens with zero attached hydrogens (tertiary/aromatic N) is 2. The van der Waals surface area contributed by atoms with Gasteiger partial charge in [-0.1, -0.05) is 23.7 Å². The molecule has 2 N–H and O–H groups in total. The third kappa shape index (κ3) is 5.09. The molecule has 3 atom stereocenters. The second-order valence-corrected chi connectivity index (χ2v) is 8.52. The van der Waals surface area contributed by atoms with Gasteiger partial charge in [-0.05, 0) is 30.5 Å². The molecule has 3 saturated heterocycles. The van der Waals surface area contributed by atoms with E-state index in [1.165, 1.54) is 0 Å². The number of amides is 2. The number of rotatable bonds is 6. The number of hydrogen-bond donors (Lipinski definition) is 2. The van der Waals surface area contributed by atoms with Crippen LogP contribution in [0.3, 0.4) is 0 Å². The zero-order valence-corrected chi connectivity index (χ0v) is 17.4. The lowest BCUT2D eigenvalue weighted by molar-refractivity contribution is -0.136. The maximum Gasteiger partial charge on any atom is 0.237 e. The molecule has 7 nitrogen and oxygen atoms in total. The van der Waals surface area contributed by atoms with Gasteiger partial charge in [-0.2, -0.15) is 0 Å². The number of morpholine rings is 1. The van der Waals surface area contributed by atoms with Gasteiger partial charge in [0, 0.05) is 56.3 Å². The van der Waals surface area contributed by atoms with Crippen LogP contribution in [0.25, 0.3) is 0 Å². The van der Waals surface area contributed by atoms with Crippen LogP contribution >= 0.6 is 11.6 Å². The number of carbonyl (C=O) groups is 2. The van der Waals surface area contributed by atoms with Gasteiger partial charge in [0.05, 0.1) is 19.3 Å². The van der Waals surface area contributed by atoms with E-state index >= 15 is 0 Å². The molecule has 0 aromatic heterocycles. The van der Waals surface area contributed by atoms with Crippen molar-refractivity contribution in [3.63, 3.8) is 0 Å². The first-order valence-electron chi connectivity index (χ1n) is 10.5. The number of fused-ring (bicyclic) bond motifs is 1. The third-order valence-electron chi connectivity index (χ3n) is 6.16. The predicted molar refractivity (Wildman–Crippen MR) is 111 cm³/mol. The molecule has 0 saturated carbocycles. The molecule has 0 bridgehead atoms. The van der Waals surface area contributed by atoms with Crippen molar-refractivity contribution in [2.45, 2.75) is 43.9 Å². The Bertz CT molecular complexity index is 740. The normalized spacial score (nSPS) is 27.6. The Labute approximate surface area is 176 Å². The number of carbonyl (C=O) groups excluding carboxylic acids is 2. The molecule has 0 radical (unpaired) electrons. The molecular formula is C21H29ClN4O3. The van der Waals surface area contributed by atoms with Crippen LogP contribution < -0.4 is 10.6 Å². The minimum absolute atomic E-state index is 0.104. The number of piperazine rings is 1. The Morgan fingerprint density at radius 2 is 2.14 bits per heavy atom. The van der Waals surface area contributed by atoms with E-state index in [4.69, 9.17) is 16.3 Å². The summed E-state index contributed by atoms with van der Waals surface area (Å²) in [5.41, 5.74) is 1.14. The molecule has 3 fully saturated rings. The number of benzene rings is 1. The van der Waals surface area contributed by atoms with Crippen molar-refractivity contribution in [1.82, 2.24) is 20.4 Å². The monoisotopic (exact) mass is 420 g/mol. The van der Waals surface area contributed by atoms with E-state index in [-0.39, 0.29) is 29.9 Å². The molecule has 3 aliphatic heterocycles. The van der Waals surface area contributed by atoms with Crippen LogP contribution in [0.4, 0.5) is 0 Å². The van der Waals surface area contributed by atoms with E-state index in [0.29, 0.717) is 39.3 Å². The van der Waals surface area contributed by atoms with Crippen molar-refractivity contribution in [2.75, 3.05) is 39.4 Å². The molecule has 2 amide bonds. The first-order chi connectivity index (χ1) is 14.1. The Kier molecular flexibility index (Phi) is 6.70. The van der Waals surface area contributed by atoms with E-state index in [1.54, 1.807) is 0 Å². The molecule has 3 aliphatic rings. The van der Waals surface area contributed by atoms with E-state index in [0.717, 1.165) is 36.5 Å². The molecule has 3 unspecified atom stereocenters. The smallest absolute Gasteiger partial charge is 0.237 e. The number of hydrogen-bond acceptors (Lipinski definition) is 5. The second kappa shape index (κ2) is 9.43. The van der Waals surface area contributed by atoms with Crippen molar-refractivity contribution in [3.05, 3.63) is 34.9 Å². The quantitative estimate of drug-likeness (QED) is 0.718. The van der Waals surface area contributed by atoms with Crippen molar-refractivity contribution in [3.8, 4) is 0 Å². The molecule has 0 spiro atoms. The fourth-order valence-corrected chi connectivity index (χ4v) is 4.77. The van der Waals surface area contributed by atoms with Crippen molar-refractivity contribution in [1.29, 1.82) is 0 Å². The van der Waals surface area contributed by atoms with Crippen LogP contribution in [0, 0.1) is 0 Å². The summed E-state index contributed by atoms with van der Waals surface area (Å²) in [5.74, 6) is 0.296. The highest BCUT2D eigenvalue weighted by molar-refractivity contribution is 6.30. The topological polar surface area (TPSA) is 73.9 Å². The second-order valence-electron chi connectivity index (χ2n) is 8.09. The molecule has 1 aromatic rings. The Morgan fingerprint density at radius 3 is 2.93 bits per heavy atom. The molecule has 3 heterocycles. The van der Waals surface area contributed by atoms with Gasteiger partial charge in [0.2, 0.25) is 11.8 Å². The minimum Gasteiger partial charge on any atom is -0.378 e. The van der Waals surface area contributed by atoms with Crippen LogP contribution in [-0.4, -0.2) is 79.1 Å². The van der Waals surface area contributed by atoms with E-state index < -0.39 is 0 Å². The van der Waals surface area contributed by atoms with Gasteiger partial charge in [-0.15, -0.1) is 0 Å². The lowest BCUT2D eigenvalue weighted by Gasteiger charge is -2.37. The van der Waals surface area contributed by atoms with Gasteiger partial charge < -0.3 is 20.3 Å². The van der Waals surface area contributed by atoms with Crippen LogP contribution in [0.5, 0.6) is 0 Å². The van der Waals surface area contributed by atoms with Crippen LogP contribution in [0.2, 0.25) is 5.02 Å². The summed E-state index contributed by atoms with van der Waals surface area (Å²) in [4.78, 5) is 29.1. The Hall–Kier alpha value is -1.67. The molecule has 8 heteroatoms. The highest BCUT2D eigenvalue weighted by Gasteiger charge is 2.43. The van der Waals surface area contributed by atoms with E-state index in [2.05, 4.69) is 15.5 Å². The standard InChI is InChI=1S/C21H29ClN4O3/c22-16-3-1-2-15(10-16)12-23-17-11-19-21(28)24-13-18(26(19)14-17)4-5-20(27)25-6-8-29-9-7-25/h1-3,10,17-19,23H,4-9,11-14H2,(H,24,28).